The molecule has 0 aliphatic carbocycles. The highest BCUT2D eigenvalue weighted by atomic mass is 32.1. The molecule has 0 radical (unpaired) electrons. The van der Waals surface area contributed by atoms with Gasteiger partial charge in [-0.25, -0.2) is 4.98 Å². The predicted molar refractivity (Wildman–Crippen MR) is 125 cm³/mol. The molecule has 1 aromatic heterocycles. The number of fused-ring (bicyclic) bond motifs is 2. The van der Waals surface area contributed by atoms with Crippen LogP contribution in [0.1, 0.15) is 6.42 Å². The number of amides is 1. The molecule has 3 aromatic rings. The molecule has 0 N–H and O–H groups in total. The summed E-state index contributed by atoms with van der Waals surface area (Å²) >= 11 is 1.44. The van der Waals surface area contributed by atoms with Gasteiger partial charge < -0.3 is 23.8 Å². The van der Waals surface area contributed by atoms with Crippen LogP contribution in [0, 0.1) is 0 Å². The van der Waals surface area contributed by atoms with Crippen LogP contribution in [0.3, 0.4) is 0 Å². The fraction of sp³-hybridized carbons (Fsp3) is 0.391. The number of hydrogen-bond acceptors (Lipinski definition) is 8. The van der Waals surface area contributed by atoms with E-state index in [2.05, 4.69) is 4.90 Å². The average molecular weight is 458 g/mol. The molecule has 0 fully saturated rings. The molecule has 9 heteroatoms. The summed E-state index contributed by atoms with van der Waals surface area (Å²) in [6, 6.07) is 11.1. The van der Waals surface area contributed by atoms with E-state index in [0.717, 1.165) is 23.2 Å². The van der Waals surface area contributed by atoms with Crippen molar-refractivity contribution in [2.24, 2.45) is 0 Å². The molecule has 8 nitrogen and oxygen atoms in total. The molecule has 170 valence electrons. The van der Waals surface area contributed by atoms with Gasteiger partial charge in [0.25, 0.3) is 5.91 Å². The summed E-state index contributed by atoms with van der Waals surface area (Å²) in [6.07, 6.45) is 0.0613. The number of thiazole rings is 1. The molecule has 1 aliphatic heterocycles. The van der Waals surface area contributed by atoms with Gasteiger partial charge in [-0.2, -0.15) is 0 Å². The normalized spacial score (nSPS) is 15.1. The third kappa shape index (κ3) is 4.58. The minimum Gasteiger partial charge on any atom is -0.493 e. The molecule has 2 heterocycles. The molecule has 4 rings (SSSR count). The number of anilines is 1. The first kappa shape index (κ1) is 22.2. The van der Waals surface area contributed by atoms with Gasteiger partial charge in [-0.1, -0.05) is 23.5 Å². The van der Waals surface area contributed by atoms with Crippen molar-refractivity contribution in [2.75, 3.05) is 52.9 Å². The van der Waals surface area contributed by atoms with Crippen LogP contribution < -0.4 is 23.8 Å². The van der Waals surface area contributed by atoms with E-state index in [1.54, 1.807) is 25.2 Å². The smallest absolute Gasteiger partial charge is 0.273 e. The summed E-state index contributed by atoms with van der Waals surface area (Å²) in [5, 5.41) is 0.613. The number of aromatic nitrogens is 1. The molecule has 0 saturated heterocycles. The van der Waals surface area contributed by atoms with Crippen molar-refractivity contribution in [3.8, 4) is 23.0 Å². The fourth-order valence-corrected chi connectivity index (χ4v) is 4.53. The Bertz CT molecular complexity index is 1060. The highest BCUT2D eigenvalue weighted by Gasteiger charge is 2.33. The van der Waals surface area contributed by atoms with Gasteiger partial charge in [0.1, 0.15) is 6.61 Å². The highest BCUT2D eigenvalue weighted by Crippen LogP contribution is 2.38. The number of para-hydroxylation sites is 2. The van der Waals surface area contributed by atoms with E-state index in [-0.39, 0.29) is 12.5 Å². The highest BCUT2D eigenvalue weighted by molar-refractivity contribution is 7.22. The summed E-state index contributed by atoms with van der Waals surface area (Å²) in [4.78, 5) is 22.1. The largest absolute Gasteiger partial charge is 0.493 e. The van der Waals surface area contributed by atoms with E-state index in [0.29, 0.717) is 34.7 Å². The Kier molecular flexibility index (Phi) is 6.66. The van der Waals surface area contributed by atoms with E-state index < -0.39 is 6.10 Å². The third-order valence-electron chi connectivity index (χ3n) is 5.15. The van der Waals surface area contributed by atoms with Crippen molar-refractivity contribution < 1.29 is 23.7 Å². The Morgan fingerprint density at radius 3 is 2.56 bits per heavy atom. The van der Waals surface area contributed by atoms with E-state index in [4.69, 9.17) is 23.9 Å². The fourth-order valence-electron chi connectivity index (χ4n) is 3.52. The van der Waals surface area contributed by atoms with Crippen LogP contribution >= 0.6 is 11.3 Å². The second-order valence-electron chi connectivity index (χ2n) is 7.68. The van der Waals surface area contributed by atoms with Crippen molar-refractivity contribution >= 4 is 32.6 Å². The maximum absolute atomic E-state index is 13.5. The lowest BCUT2D eigenvalue weighted by Crippen LogP contribution is -2.47. The topological polar surface area (TPSA) is 73.4 Å². The van der Waals surface area contributed by atoms with E-state index in [9.17, 15) is 4.79 Å². The van der Waals surface area contributed by atoms with Crippen LogP contribution in [0.5, 0.6) is 23.0 Å². The lowest BCUT2D eigenvalue weighted by atomic mass is 10.2. The van der Waals surface area contributed by atoms with Gasteiger partial charge in [0.15, 0.2) is 28.1 Å². The minimum absolute atomic E-state index is 0.159. The SMILES string of the molecule is COc1cc2nc(N(CCCN(C)C)C(=O)C3COc4ccccc4O3)sc2cc1OC. The van der Waals surface area contributed by atoms with E-state index in [1.807, 2.05) is 44.4 Å². The number of methoxy groups -OCH3 is 2. The van der Waals surface area contributed by atoms with Crippen LogP contribution in [-0.4, -0.2) is 69.9 Å². The summed E-state index contributed by atoms with van der Waals surface area (Å²) in [5.74, 6) is 2.28. The van der Waals surface area contributed by atoms with Crippen LogP contribution in [0.2, 0.25) is 0 Å². The lowest BCUT2D eigenvalue weighted by Gasteiger charge is -2.29. The summed E-state index contributed by atoms with van der Waals surface area (Å²) in [7, 11) is 7.21. The summed E-state index contributed by atoms with van der Waals surface area (Å²) < 4.78 is 23.5. The molecule has 0 saturated carbocycles. The molecular formula is C23H27N3O5S. The Labute approximate surface area is 191 Å². The Balaban J connectivity index is 1.63. The number of rotatable bonds is 8. The van der Waals surface area contributed by atoms with Crippen LogP contribution in [-0.2, 0) is 4.79 Å². The summed E-state index contributed by atoms with van der Waals surface area (Å²) in [6.45, 7) is 1.53. The van der Waals surface area contributed by atoms with Gasteiger partial charge in [0, 0.05) is 18.7 Å². The van der Waals surface area contributed by atoms with Crippen LogP contribution in [0.4, 0.5) is 5.13 Å². The second kappa shape index (κ2) is 9.62. The number of ether oxygens (including phenoxy) is 4. The van der Waals surface area contributed by atoms with Gasteiger partial charge in [-0.05, 0) is 39.2 Å². The van der Waals surface area contributed by atoms with Gasteiger partial charge in [-0.3, -0.25) is 9.69 Å². The van der Waals surface area contributed by atoms with Gasteiger partial charge in [0.05, 0.1) is 24.4 Å². The summed E-state index contributed by atoms with van der Waals surface area (Å²) in [5.41, 5.74) is 0.749. The third-order valence-corrected chi connectivity index (χ3v) is 6.19. The molecule has 1 aliphatic rings. The monoisotopic (exact) mass is 457 g/mol. The van der Waals surface area contributed by atoms with Gasteiger partial charge in [-0.15, -0.1) is 0 Å². The number of carbonyl (C=O) groups is 1. The first-order chi connectivity index (χ1) is 15.5. The Morgan fingerprint density at radius 1 is 1.12 bits per heavy atom. The molecule has 1 amide bonds. The average Bonchev–Trinajstić information content (AvgIpc) is 3.22. The van der Waals surface area contributed by atoms with Gasteiger partial charge >= 0.3 is 0 Å². The van der Waals surface area contributed by atoms with E-state index >= 15 is 0 Å². The number of carbonyl (C=O) groups excluding carboxylic acids is 1. The zero-order valence-electron chi connectivity index (χ0n) is 18.7. The van der Waals surface area contributed by atoms with Crippen molar-refractivity contribution in [3.63, 3.8) is 0 Å². The zero-order chi connectivity index (χ0) is 22.7. The molecule has 1 unspecified atom stereocenters. The first-order valence-corrected chi connectivity index (χ1v) is 11.2. The van der Waals surface area contributed by atoms with Gasteiger partial charge in [0.2, 0.25) is 6.10 Å². The van der Waals surface area contributed by atoms with Crippen molar-refractivity contribution in [1.29, 1.82) is 0 Å². The van der Waals surface area contributed by atoms with E-state index in [1.165, 1.54) is 11.3 Å². The first-order valence-electron chi connectivity index (χ1n) is 10.4. The van der Waals surface area contributed by atoms with Crippen LogP contribution in [0.15, 0.2) is 36.4 Å². The van der Waals surface area contributed by atoms with Crippen molar-refractivity contribution in [3.05, 3.63) is 36.4 Å². The molecule has 1 atom stereocenters. The standard InChI is InChI=1S/C23H27N3O5S/c1-25(2)10-7-11-26(22(27)20-14-30-16-8-5-6-9-17(16)31-20)23-24-15-12-18(28-3)19(29-4)13-21(15)32-23/h5-6,8-9,12-13,20H,7,10-11,14H2,1-4H3. The molecule has 32 heavy (non-hydrogen) atoms. The number of hydrogen-bond donors (Lipinski definition) is 0. The zero-order valence-corrected chi connectivity index (χ0v) is 19.5. The maximum Gasteiger partial charge on any atom is 0.273 e. The predicted octanol–water partition coefficient (Wildman–Crippen LogP) is 3.44. The van der Waals surface area contributed by atoms with Crippen LogP contribution in [0.25, 0.3) is 10.2 Å². The quantitative estimate of drug-likeness (QED) is 0.513. The number of benzene rings is 2. The minimum atomic E-state index is -0.736. The Morgan fingerprint density at radius 2 is 1.84 bits per heavy atom. The number of nitrogens with zero attached hydrogens (tertiary/aromatic N) is 3. The van der Waals surface area contributed by atoms with Crippen molar-refractivity contribution in [2.45, 2.75) is 12.5 Å². The molecular weight excluding hydrogens is 430 g/mol. The lowest BCUT2D eigenvalue weighted by molar-refractivity contribution is -0.127. The maximum atomic E-state index is 13.5. The van der Waals surface area contributed by atoms with Crippen molar-refractivity contribution in [1.82, 2.24) is 9.88 Å². The molecule has 0 bridgehead atoms. The second-order valence-corrected chi connectivity index (χ2v) is 8.69. The Hall–Kier alpha value is -3.04. The molecule has 0 spiro atoms. The molecule has 2 aromatic carbocycles.